The van der Waals surface area contributed by atoms with E-state index in [2.05, 4.69) is 12.2 Å². The summed E-state index contributed by atoms with van der Waals surface area (Å²) in [6.07, 6.45) is 5.39. The zero-order valence-electron chi connectivity index (χ0n) is 10.1. The SMILES string of the molecule is CCNC1(C(=O)OC)CCCC(CC)C1. The molecule has 0 aromatic rings. The van der Waals surface area contributed by atoms with E-state index in [1.54, 1.807) is 0 Å². The maximum Gasteiger partial charge on any atom is 0.326 e. The van der Waals surface area contributed by atoms with Crippen LogP contribution in [-0.2, 0) is 9.53 Å². The fourth-order valence-corrected chi connectivity index (χ4v) is 2.69. The molecule has 1 N–H and O–H groups in total. The monoisotopic (exact) mass is 213 g/mol. The van der Waals surface area contributed by atoms with Gasteiger partial charge in [0.15, 0.2) is 0 Å². The van der Waals surface area contributed by atoms with Crippen molar-refractivity contribution in [1.29, 1.82) is 0 Å². The van der Waals surface area contributed by atoms with Gasteiger partial charge in [0.1, 0.15) is 5.54 Å². The van der Waals surface area contributed by atoms with Crippen molar-refractivity contribution in [2.75, 3.05) is 13.7 Å². The van der Waals surface area contributed by atoms with Crippen molar-refractivity contribution in [3.05, 3.63) is 0 Å². The number of nitrogens with one attached hydrogen (secondary N) is 1. The second-order valence-electron chi connectivity index (χ2n) is 4.47. The van der Waals surface area contributed by atoms with E-state index in [-0.39, 0.29) is 5.97 Å². The summed E-state index contributed by atoms with van der Waals surface area (Å²) in [5, 5.41) is 3.34. The van der Waals surface area contributed by atoms with Gasteiger partial charge in [0.05, 0.1) is 7.11 Å². The van der Waals surface area contributed by atoms with Crippen LogP contribution >= 0.6 is 0 Å². The molecule has 0 bridgehead atoms. The molecule has 0 radical (unpaired) electrons. The number of rotatable bonds is 4. The molecule has 15 heavy (non-hydrogen) atoms. The molecule has 0 aliphatic heterocycles. The van der Waals surface area contributed by atoms with Crippen LogP contribution in [0.3, 0.4) is 0 Å². The first-order valence-corrected chi connectivity index (χ1v) is 6.02. The third-order valence-corrected chi connectivity index (χ3v) is 3.52. The Bertz CT molecular complexity index is 214. The number of hydrogen-bond acceptors (Lipinski definition) is 3. The highest BCUT2D eigenvalue weighted by molar-refractivity contribution is 5.80. The van der Waals surface area contributed by atoms with Crippen LogP contribution in [0.25, 0.3) is 0 Å². The highest BCUT2D eigenvalue weighted by atomic mass is 16.5. The zero-order chi connectivity index (χ0) is 11.3. The molecule has 0 heterocycles. The molecule has 2 unspecified atom stereocenters. The number of carbonyl (C=O) groups is 1. The predicted octanol–water partition coefficient (Wildman–Crippen LogP) is 2.11. The van der Waals surface area contributed by atoms with E-state index in [1.807, 2.05) is 6.92 Å². The smallest absolute Gasteiger partial charge is 0.326 e. The van der Waals surface area contributed by atoms with Crippen LogP contribution in [0.15, 0.2) is 0 Å². The van der Waals surface area contributed by atoms with Crippen LogP contribution in [0, 0.1) is 5.92 Å². The molecule has 1 rings (SSSR count). The average Bonchev–Trinajstić information content (AvgIpc) is 2.28. The molecule has 3 nitrogen and oxygen atoms in total. The second kappa shape index (κ2) is 5.50. The van der Waals surface area contributed by atoms with Crippen molar-refractivity contribution in [2.24, 2.45) is 5.92 Å². The van der Waals surface area contributed by atoms with E-state index in [9.17, 15) is 4.79 Å². The average molecular weight is 213 g/mol. The van der Waals surface area contributed by atoms with Crippen molar-refractivity contribution in [2.45, 2.75) is 51.5 Å². The minimum Gasteiger partial charge on any atom is -0.468 e. The first kappa shape index (κ1) is 12.5. The van der Waals surface area contributed by atoms with E-state index in [1.165, 1.54) is 13.5 Å². The largest absolute Gasteiger partial charge is 0.468 e. The highest BCUT2D eigenvalue weighted by Gasteiger charge is 2.42. The number of ether oxygens (including phenoxy) is 1. The Balaban J connectivity index is 2.75. The summed E-state index contributed by atoms with van der Waals surface area (Å²) in [6.45, 7) is 5.07. The Hall–Kier alpha value is -0.570. The number of likely N-dealkylation sites (N-methyl/N-ethyl adjacent to an activating group) is 1. The molecule has 1 aliphatic carbocycles. The van der Waals surface area contributed by atoms with Gasteiger partial charge in [0, 0.05) is 0 Å². The van der Waals surface area contributed by atoms with Gasteiger partial charge in [-0.15, -0.1) is 0 Å². The number of esters is 1. The standard InChI is InChI=1S/C12H23NO2/c1-4-10-7-6-8-12(9-10,13-5-2)11(14)15-3/h10,13H,4-9H2,1-3H3. The minimum atomic E-state index is -0.400. The fraction of sp³-hybridized carbons (Fsp3) is 0.917. The van der Waals surface area contributed by atoms with Gasteiger partial charge in [-0.25, -0.2) is 0 Å². The quantitative estimate of drug-likeness (QED) is 0.727. The molecule has 2 atom stereocenters. The van der Waals surface area contributed by atoms with E-state index in [0.717, 1.165) is 32.2 Å². The summed E-state index contributed by atoms with van der Waals surface area (Å²) in [7, 11) is 1.48. The maximum atomic E-state index is 11.9. The lowest BCUT2D eigenvalue weighted by molar-refractivity contribution is -0.151. The van der Waals surface area contributed by atoms with E-state index >= 15 is 0 Å². The van der Waals surface area contributed by atoms with E-state index < -0.39 is 5.54 Å². The van der Waals surface area contributed by atoms with Crippen LogP contribution in [0.1, 0.15) is 46.0 Å². The number of carbonyl (C=O) groups excluding carboxylic acids is 1. The van der Waals surface area contributed by atoms with Crippen molar-refractivity contribution in [3.63, 3.8) is 0 Å². The molecule has 0 spiro atoms. The van der Waals surface area contributed by atoms with Gasteiger partial charge < -0.3 is 10.1 Å². The van der Waals surface area contributed by atoms with Crippen molar-refractivity contribution in [1.82, 2.24) is 5.32 Å². The molecule has 0 saturated heterocycles. The van der Waals surface area contributed by atoms with E-state index in [4.69, 9.17) is 4.74 Å². The third kappa shape index (κ3) is 2.71. The number of hydrogen-bond donors (Lipinski definition) is 1. The summed E-state index contributed by atoms with van der Waals surface area (Å²) < 4.78 is 4.94. The summed E-state index contributed by atoms with van der Waals surface area (Å²) in [5.74, 6) is 0.583. The Morgan fingerprint density at radius 3 is 2.80 bits per heavy atom. The lowest BCUT2D eigenvalue weighted by Gasteiger charge is -2.39. The molecule has 88 valence electrons. The van der Waals surface area contributed by atoms with Crippen molar-refractivity contribution in [3.8, 4) is 0 Å². The molecule has 1 saturated carbocycles. The van der Waals surface area contributed by atoms with Gasteiger partial charge in [0.2, 0.25) is 0 Å². The van der Waals surface area contributed by atoms with Gasteiger partial charge in [-0.2, -0.15) is 0 Å². The third-order valence-electron chi connectivity index (χ3n) is 3.52. The first-order valence-electron chi connectivity index (χ1n) is 6.02. The first-order chi connectivity index (χ1) is 7.18. The zero-order valence-corrected chi connectivity index (χ0v) is 10.1. The normalized spacial score (nSPS) is 31.3. The molecular formula is C12H23NO2. The molecule has 3 heteroatoms. The van der Waals surface area contributed by atoms with Gasteiger partial charge in [-0.3, -0.25) is 4.79 Å². The summed E-state index contributed by atoms with van der Waals surface area (Å²) in [6, 6.07) is 0. The molecule has 0 amide bonds. The Kier molecular flexibility index (Phi) is 4.58. The lowest BCUT2D eigenvalue weighted by Crippen LogP contribution is -2.55. The molecule has 1 aliphatic rings. The van der Waals surface area contributed by atoms with Crippen LogP contribution in [0.2, 0.25) is 0 Å². The van der Waals surface area contributed by atoms with Crippen molar-refractivity contribution >= 4 is 5.97 Å². The summed E-state index contributed by atoms with van der Waals surface area (Å²) >= 11 is 0. The molecule has 0 aromatic carbocycles. The Labute approximate surface area is 92.6 Å². The van der Waals surface area contributed by atoms with Gasteiger partial charge in [0.25, 0.3) is 0 Å². The fourth-order valence-electron chi connectivity index (χ4n) is 2.69. The van der Waals surface area contributed by atoms with Crippen LogP contribution in [0.4, 0.5) is 0 Å². The van der Waals surface area contributed by atoms with Crippen LogP contribution in [0.5, 0.6) is 0 Å². The summed E-state index contributed by atoms with van der Waals surface area (Å²) in [5.41, 5.74) is -0.400. The van der Waals surface area contributed by atoms with Gasteiger partial charge >= 0.3 is 5.97 Å². The predicted molar refractivity (Wildman–Crippen MR) is 60.7 cm³/mol. The van der Waals surface area contributed by atoms with E-state index in [0.29, 0.717) is 5.92 Å². The Morgan fingerprint density at radius 1 is 1.53 bits per heavy atom. The minimum absolute atomic E-state index is 0.0810. The second-order valence-corrected chi connectivity index (χ2v) is 4.47. The number of methoxy groups -OCH3 is 1. The van der Waals surface area contributed by atoms with Crippen LogP contribution < -0.4 is 5.32 Å². The Morgan fingerprint density at radius 2 is 2.27 bits per heavy atom. The molecule has 0 aromatic heterocycles. The lowest BCUT2D eigenvalue weighted by atomic mass is 9.74. The van der Waals surface area contributed by atoms with Crippen molar-refractivity contribution < 1.29 is 9.53 Å². The van der Waals surface area contributed by atoms with Gasteiger partial charge in [-0.1, -0.05) is 33.1 Å². The van der Waals surface area contributed by atoms with Gasteiger partial charge in [-0.05, 0) is 25.3 Å². The van der Waals surface area contributed by atoms with Crippen LogP contribution in [-0.4, -0.2) is 25.2 Å². The molecule has 1 fully saturated rings. The summed E-state index contributed by atoms with van der Waals surface area (Å²) in [4.78, 5) is 11.9. The highest BCUT2D eigenvalue weighted by Crippen LogP contribution is 2.34. The molecular weight excluding hydrogens is 190 g/mol. The maximum absolute atomic E-state index is 11.9. The topological polar surface area (TPSA) is 38.3 Å².